The Bertz CT molecular complexity index is 778. The highest BCUT2D eigenvalue weighted by atomic mass is 16.5. The number of nitrogens with zero attached hydrogens (tertiary/aromatic N) is 3. The molecule has 7 nitrogen and oxygen atoms in total. The lowest BCUT2D eigenvalue weighted by Crippen LogP contribution is -2.38. The van der Waals surface area contributed by atoms with Gasteiger partial charge in [-0.05, 0) is 31.6 Å². The van der Waals surface area contributed by atoms with Gasteiger partial charge in [-0.15, -0.1) is 0 Å². The third-order valence-corrected chi connectivity index (χ3v) is 3.63. The molecule has 2 aromatic heterocycles. The number of rotatable bonds is 6. The quantitative estimate of drug-likeness (QED) is 0.623. The summed E-state index contributed by atoms with van der Waals surface area (Å²) in [4.78, 5) is 25.4. The van der Waals surface area contributed by atoms with E-state index in [4.69, 9.17) is 10.5 Å². The molecule has 1 aliphatic heterocycles. The number of carbonyl (C=O) groups is 1. The van der Waals surface area contributed by atoms with Crippen LogP contribution in [-0.2, 0) is 9.53 Å². The molecule has 0 aromatic carbocycles. The molecule has 0 unspecified atom stereocenters. The lowest BCUT2D eigenvalue weighted by Gasteiger charge is -2.14. The van der Waals surface area contributed by atoms with Crippen LogP contribution in [0.1, 0.15) is 18.9 Å². The largest absolute Gasteiger partial charge is 0.382 e. The van der Waals surface area contributed by atoms with E-state index in [9.17, 15) is 4.79 Å². The summed E-state index contributed by atoms with van der Waals surface area (Å²) in [5.74, 6) is 0.0490. The zero-order valence-electron chi connectivity index (χ0n) is 13.0. The molecule has 1 amide bonds. The first-order chi connectivity index (χ1) is 11.2. The number of H-pyrrole nitrogens is 1. The Morgan fingerprint density at radius 1 is 1.48 bits per heavy atom. The van der Waals surface area contributed by atoms with Crippen molar-refractivity contribution in [3.63, 3.8) is 0 Å². The molecule has 0 fully saturated rings. The smallest absolute Gasteiger partial charge is 0.279 e. The van der Waals surface area contributed by atoms with E-state index in [2.05, 4.69) is 15.0 Å². The molecule has 0 bridgehead atoms. The lowest BCUT2D eigenvalue weighted by molar-refractivity contribution is -0.122. The van der Waals surface area contributed by atoms with Crippen LogP contribution in [0.25, 0.3) is 17.1 Å². The van der Waals surface area contributed by atoms with Crippen LogP contribution in [0.2, 0.25) is 0 Å². The zero-order valence-corrected chi connectivity index (χ0v) is 13.0. The van der Waals surface area contributed by atoms with Crippen molar-refractivity contribution in [3.05, 3.63) is 35.8 Å². The van der Waals surface area contributed by atoms with Crippen molar-refractivity contribution in [3.8, 4) is 0 Å². The monoisotopic (exact) mass is 313 g/mol. The Labute approximate surface area is 133 Å². The number of carbonyl (C=O) groups excluding carboxylic acids is 1. The Morgan fingerprint density at radius 2 is 2.35 bits per heavy atom. The third kappa shape index (κ3) is 3.09. The average Bonchev–Trinajstić information content (AvgIpc) is 3.08. The molecule has 0 aliphatic carbocycles. The van der Waals surface area contributed by atoms with Crippen molar-refractivity contribution in [2.24, 2.45) is 10.7 Å². The number of nitrogens with one attached hydrogen (secondary N) is 1. The van der Waals surface area contributed by atoms with Crippen molar-refractivity contribution in [2.45, 2.75) is 13.3 Å². The van der Waals surface area contributed by atoms with Crippen molar-refractivity contribution in [1.82, 2.24) is 14.9 Å². The minimum atomic E-state index is -0.183. The summed E-state index contributed by atoms with van der Waals surface area (Å²) in [7, 11) is 0. The first-order valence-corrected chi connectivity index (χ1v) is 7.58. The van der Waals surface area contributed by atoms with E-state index in [0.717, 1.165) is 23.0 Å². The first-order valence-electron chi connectivity index (χ1n) is 7.58. The molecule has 0 radical (unpaired) electrons. The predicted octanol–water partition coefficient (Wildman–Crippen LogP) is 1.49. The number of guanidine groups is 1. The number of ether oxygens (including phenoxy) is 1. The molecule has 0 atom stereocenters. The van der Waals surface area contributed by atoms with Crippen molar-refractivity contribution >= 4 is 29.0 Å². The number of amides is 1. The second kappa shape index (κ2) is 6.62. The van der Waals surface area contributed by atoms with Gasteiger partial charge in [-0.25, -0.2) is 9.98 Å². The molecule has 3 heterocycles. The second-order valence-electron chi connectivity index (χ2n) is 5.15. The number of fused-ring (bicyclic) bond motifs is 1. The summed E-state index contributed by atoms with van der Waals surface area (Å²) in [5.41, 5.74) is 7.84. The van der Waals surface area contributed by atoms with Gasteiger partial charge < -0.3 is 15.5 Å². The zero-order chi connectivity index (χ0) is 16.2. The topological polar surface area (TPSA) is 96.6 Å². The van der Waals surface area contributed by atoms with E-state index in [0.29, 0.717) is 25.5 Å². The molecule has 1 aliphatic rings. The highest BCUT2D eigenvalue weighted by Crippen LogP contribution is 2.22. The Kier molecular flexibility index (Phi) is 4.38. The van der Waals surface area contributed by atoms with Crippen LogP contribution in [0, 0.1) is 0 Å². The van der Waals surface area contributed by atoms with Crippen molar-refractivity contribution < 1.29 is 9.53 Å². The van der Waals surface area contributed by atoms with Crippen LogP contribution in [0.3, 0.4) is 0 Å². The maximum absolute atomic E-state index is 12.4. The average molecular weight is 313 g/mol. The first kappa shape index (κ1) is 15.2. The lowest BCUT2D eigenvalue weighted by atomic mass is 10.2. The van der Waals surface area contributed by atoms with E-state index in [1.165, 1.54) is 4.90 Å². The van der Waals surface area contributed by atoms with E-state index in [1.54, 1.807) is 18.5 Å². The molecule has 120 valence electrons. The Hall–Kier alpha value is -2.67. The number of aromatic nitrogens is 2. The predicted molar refractivity (Wildman–Crippen MR) is 88.5 cm³/mol. The van der Waals surface area contributed by atoms with E-state index in [1.807, 2.05) is 19.1 Å². The van der Waals surface area contributed by atoms with Gasteiger partial charge in [0.25, 0.3) is 5.91 Å². The van der Waals surface area contributed by atoms with E-state index >= 15 is 0 Å². The molecular formula is C16H19N5O2. The minimum absolute atomic E-state index is 0.183. The second-order valence-corrected chi connectivity index (χ2v) is 5.15. The number of nitrogens with two attached hydrogens (primary N) is 1. The fourth-order valence-corrected chi connectivity index (χ4v) is 2.50. The summed E-state index contributed by atoms with van der Waals surface area (Å²) < 4.78 is 5.28. The van der Waals surface area contributed by atoms with Crippen LogP contribution >= 0.6 is 0 Å². The molecular weight excluding hydrogens is 294 g/mol. The van der Waals surface area contributed by atoms with Crippen LogP contribution < -0.4 is 5.73 Å². The summed E-state index contributed by atoms with van der Waals surface area (Å²) in [6.07, 6.45) is 5.98. The van der Waals surface area contributed by atoms with Crippen molar-refractivity contribution in [1.29, 1.82) is 0 Å². The van der Waals surface area contributed by atoms with Gasteiger partial charge in [-0.2, -0.15) is 0 Å². The highest BCUT2D eigenvalue weighted by molar-refractivity contribution is 6.13. The summed E-state index contributed by atoms with van der Waals surface area (Å²) in [6.45, 7) is 3.70. The minimum Gasteiger partial charge on any atom is -0.382 e. The Morgan fingerprint density at radius 3 is 3.17 bits per heavy atom. The van der Waals surface area contributed by atoms with Crippen LogP contribution in [0.5, 0.6) is 0 Å². The van der Waals surface area contributed by atoms with Gasteiger partial charge in [-0.3, -0.25) is 9.69 Å². The molecule has 2 aromatic rings. The maximum Gasteiger partial charge on any atom is 0.279 e. The standard InChI is InChI=1S/C16H19N5O2/c1-2-23-8-4-7-21-15(22)13(20-16(21)17)9-11-10-19-14-12(11)5-3-6-18-14/h3,5-6,9-10H,2,4,7-8H2,1H3,(H2,17,20)(H,18,19)/b13-9-. The number of aromatic amines is 1. The number of hydrogen-bond acceptors (Lipinski definition) is 5. The van der Waals surface area contributed by atoms with Gasteiger partial charge in [0.15, 0.2) is 0 Å². The molecule has 3 N–H and O–H groups in total. The highest BCUT2D eigenvalue weighted by Gasteiger charge is 2.28. The SMILES string of the molecule is CCOCCCN1C(=O)/C(=C/c2c[nH]c3ncccc23)N=C1N. The fourth-order valence-electron chi connectivity index (χ4n) is 2.50. The van der Waals surface area contributed by atoms with Gasteiger partial charge >= 0.3 is 0 Å². The van der Waals surface area contributed by atoms with Gasteiger partial charge in [0.1, 0.15) is 11.3 Å². The van der Waals surface area contributed by atoms with Crippen LogP contribution in [0.4, 0.5) is 0 Å². The van der Waals surface area contributed by atoms with Gasteiger partial charge in [0.2, 0.25) is 5.96 Å². The Balaban J connectivity index is 1.77. The van der Waals surface area contributed by atoms with Gasteiger partial charge in [-0.1, -0.05) is 0 Å². The summed E-state index contributed by atoms with van der Waals surface area (Å²) >= 11 is 0. The summed E-state index contributed by atoms with van der Waals surface area (Å²) in [6, 6.07) is 3.80. The fraction of sp³-hybridized carbons (Fsp3) is 0.312. The summed E-state index contributed by atoms with van der Waals surface area (Å²) in [5, 5.41) is 0.941. The van der Waals surface area contributed by atoms with Gasteiger partial charge in [0, 0.05) is 43.1 Å². The van der Waals surface area contributed by atoms with Crippen LogP contribution in [0.15, 0.2) is 35.2 Å². The molecule has 23 heavy (non-hydrogen) atoms. The molecule has 0 saturated heterocycles. The number of aliphatic imine (C=N–C) groups is 1. The molecule has 0 saturated carbocycles. The maximum atomic E-state index is 12.4. The van der Waals surface area contributed by atoms with E-state index in [-0.39, 0.29) is 11.9 Å². The third-order valence-electron chi connectivity index (χ3n) is 3.63. The van der Waals surface area contributed by atoms with Gasteiger partial charge in [0.05, 0.1) is 0 Å². The number of hydrogen-bond donors (Lipinski definition) is 2. The van der Waals surface area contributed by atoms with Crippen molar-refractivity contribution in [2.75, 3.05) is 19.8 Å². The van der Waals surface area contributed by atoms with Crippen LogP contribution in [-0.4, -0.2) is 46.5 Å². The normalized spacial score (nSPS) is 16.6. The van der Waals surface area contributed by atoms with E-state index < -0.39 is 0 Å². The molecule has 7 heteroatoms. The molecule has 0 spiro atoms. The molecule has 3 rings (SSSR count). The number of pyridine rings is 1.